The number of rotatable bonds is 7. The molecule has 0 radical (unpaired) electrons. The van der Waals surface area contributed by atoms with Crippen molar-refractivity contribution in [2.75, 3.05) is 39.3 Å². The number of nitrogens with one attached hydrogen (secondary N) is 2. The predicted molar refractivity (Wildman–Crippen MR) is 113 cm³/mol. The average Bonchev–Trinajstić information content (AvgIpc) is 2.68. The molecule has 1 aliphatic heterocycles. The van der Waals surface area contributed by atoms with Crippen LogP contribution in [0.4, 0.5) is 0 Å². The highest BCUT2D eigenvalue weighted by molar-refractivity contribution is 5.85. The van der Waals surface area contributed by atoms with E-state index in [1.807, 2.05) is 44.3 Å². The fourth-order valence-electron chi connectivity index (χ4n) is 3.45. The summed E-state index contributed by atoms with van der Waals surface area (Å²) < 4.78 is 5.85. The highest BCUT2D eigenvalue weighted by atomic mass is 35.5. The van der Waals surface area contributed by atoms with E-state index in [9.17, 15) is 4.79 Å². The lowest BCUT2D eigenvalue weighted by Crippen LogP contribution is -2.49. The molecule has 1 fully saturated rings. The number of amides is 1. The number of piperazine rings is 1. The van der Waals surface area contributed by atoms with Crippen LogP contribution in [0.25, 0.3) is 0 Å². The molecule has 0 spiro atoms. The lowest BCUT2D eigenvalue weighted by atomic mass is 10.1. The molecule has 1 unspecified atom stereocenters. The van der Waals surface area contributed by atoms with Gasteiger partial charge in [-0.1, -0.05) is 24.3 Å². The maximum Gasteiger partial charge on any atom is 0.234 e. The Morgan fingerprint density at radius 3 is 2.79 bits per heavy atom. The second-order valence-corrected chi connectivity index (χ2v) is 6.90. The van der Waals surface area contributed by atoms with Crippen LogP contribution in [0.15, 0.2) is 42.7 Å². The summed E-state index contributed by atoms with van der Waals surface area (Å²) in [6.45, 7) is 7.96. The molecule has 1 aliphatic rings. The molecule has 3 rings (SSSR count). The molecule has 2 heterocycles. The number of para-hydroxylation sites is 1. The third kappa shape index (κ3) is 5.92. The monoisotopic (exact) mass is 404 g/mol. The predicted octanol–water partition coefficient (Wildman–Crippen LogP) is 2.26. The van der Waals surface area contributed by atoms with E-state index in [4.69, 9.17) is 4.74 Å². The van der Waals surface area contributed by atoms with Gasteiger partial charge in [0.25, 0.3) is 0 Å². The van der Waals surface area contributed by atoms with E-state index < -0.39 is 0 Å². The summed E-state index contributed by atoms with van der Waals surface area (Å²) in [6.07, 6.45) is 3.65. The average molecular weight is 405 g/mol. The lowest BCUT2D eigenvalue weighted by molar-refractivity contribution is -0.123. The number of halogens is 1. The summed E-state index contributed by atoms with van der Waals surface area (Å²) >= 11 is 0. The third-order valence-corrected chi connectivity index (χ3v) is 4.85. The SMILES string of the molecule is Cc1cccc(C)c1OCCNC(=O)CN1CCNCC1c1cccnc1.Cl. The summed E-state index contributed by atoms with van der Waals surface area (Å²) in [5.74, 6) is 0.932. The Morgan fingerprint density at radius 2 is 2.07 bits per heavy atom. The number of hydrogen-bond donors (Lipinski definition) is 2. The van der Waals surface area contributed by atoms with Crippen LogP contribution in [0.3, 0.4) is 0 Å². The molecule has 1 saturated heterocycles. The van der Waals surface area contributed by atoms with Crippen LogP contribution in [-0.2, 0) is 4.79 Å². The van der Waals surface area contributed by atoms with Crippen molar-refractivity contribution in [1.29, 1.82) is 0 Å². The van der Waals surface area contributed by atoms with Gasteiger partial charge in [0.2, 0.25) is 5.91 Å². The largest absolute Gasteiger partial charge is 0.491 e. The number of carbonyl (C=O) groups excluding carboxylic acids is 1. The number of aromatic nitrogens is 1. The zero-order valence-electron chi connectivity index (χ0n) is 16.5. The van der Waals surface area contributed by atoms with Crippen LogP contribution < -0.4 is 15.4 Å². The molecule has 0 saturated carbocycles. The molecular weight excluding hydrogens is 376 g/mol. The van der Waals surface area contributed by atoms with Gasteiger partial charge in [-0.25, -0.2) is 0 Å². The Balaban J connectivity index is 0.00000280. The number of aryl methyl sites for hydroxylation is 2. The first-order valence-electron chi connectivity index (χ1n) is 9.45. The number of benzene rings is 1. The first-order valence-corrected chi connectivity index (χ1v) is 9.45. The van der Waals surface area contributed by atoms with Crippen LogP contribution in [0.5, 0.6) is 5.75 Å². The summed E-state index contributed by atoms with van der Waals surface area (Å²) in [5, 5.41) is 6.37. The molecule has 1 atom stereocenters. The van der Waals surface area contributed by atoms with Crippen LogP contribution in [-0.4, -0.2) is 55.1 Å². The molecule has 2 aromatic rings. The summed E-state index contributed by atoms with van der Waals surface area (Å²) in [4.78, 5) is 18.8. The van der Waals surface area contributed by atoms with Crippen LogP contribution in [0.1, 0.15) is 22.7 Å². The van der Waals surface area contributed by atoms with E-state index in [-0.39, 0.29) is 24.4 Å². The van der Waals surface area contributed by atoms with E-state index in [2.05, 4.69) is 26.6 Å². The van der Waals surface area contributed by atoms with Crippen LogP contribution in [0, 0.1) is 13.8 Å². The van der Waals surface area contributed by atoms with E-state index in [1.54, 1.807) is 6.20 Å². The summed E-state index contributed by atoms with van der Waals surface area (Å²) in [6, 6.07) is 10.3. The Hall–Kier alpha value is -2.15. The molecule has 2 N–H and O–H groups in total. The van der Waals surface area contributed by atoms with Crippen molar-refractivity contribution >= 4 is 18.3 Å². The van der Waals surface area contributed by atoms with E-state index in [1.165, 1.54) is 0 Å². The number of carbonyl (C=O) groups is 1. The van der Waals surface area contributed by atoms with Crippen molar-refractivity contribution in [2.45, 2.75) is 19.9 Å². The number of ether oxygens (including phenoxy) is 1. The normalized spacial score (nSPS) is 16.9. The molecule has 152 valence electrons. The van der Waals surface area contributed by atoms with Crippen molar-refractivity contribution in [1.82, 2.24) is 20.5 Å². The minimum atomic E-state index is 0. The Morgan fingerprint density at radius 1 is 1.29 bits per heavy atom. The molecule has 1 amide bonds. The van der Waals surface area contributed by atoms with Gasteiger partial charge in [-0.15, -0.1) is 12.4 Å². The standard InChI is InChI=1S/C21H28N4O2.ClH/c1-16-5-3-6-17(2)21(16)27-12-10-24-20(26)15-25-11-9-23-14-19(25)18-7-4-8-22-13-18;/h3-8,13,19,23H,9-12,14-15H2,1-2H3,(H,24,26);1H. The van der Waals surface area contributed by atoms with Gasteiger partial charge >= 0.3 is 0 Å². The van der Waals surface area contributed by atoms with Gasteiger partial charge in [0.1, 0.15) is 12.4 Å². The molecule has 6 nitrogen and oxygen atoms in total. The van der Waals surface area contributed by atoms with Gasteiger partial charge in [0.15, 0.2) is 0 Å². The number of hydrogen-bond acceptors (Lipinski definition) is 5. The van der Waals surface area contributed by atoms with Crippen molar-refractivity contribution in [3.8, 4) is 5.75 Å². The smallest absolute Gasteiger partial charge is 0.234 e. The van der Waals surface area contributed by atoms with E-state index in [0.717, 1.165) is 42.1 Å². The molecule has 1 aromatic heterocycles. The van der Waals surface area contributed by atoms with Gasteiger partial charge < -0.3 is 15.4 Å². The molecule has 0 aliphatic carbocycles. The van der Waals surface area contributed by atoms with Gasteiger partial charge in [-0.05, 0) is 36.6 Å². The van der Waals surface area contributed by atoms with Crippen molar-refractivity contribution in [2.24, 2.45) is 0 Å². The Bertz CT molecular complexity index is 737. The van der Waals surface area contributed by atoms with Crippen molar-refractivity contribution in [3.05, 3.63) is 59.4 Å². The zero-order chi connectivity index (χ0) is 19.1. The zero-order valence-corrected chi connectivity index (χ0v) is 17.3. The topological polar surface area (TPSA) is 66.5 Å². The van der Waals surface area contributed by atoms with Crippen LogP contribution in [0.2, 0.25) is 0 Å². The molecule has 1 aromatic carbocycles. The minimum Gasteiger partial charge on any atom is -0.491 e. The second kappa shape index (κ2) is 11.0. The number of nitrogens with zero attached hydrogens (tertiary/aromatic N) is 2. The first-order chi connectivity index (χ1) is 13.1. The molecule has 7 heteroatoms. The van der Waals surface area contributed by atoms with E-state index >= 15 is 0 Å². The fraction of sp³-hybridized carbons (Fsp3) is 0.429. The van der Waals surface area contributed by atoms with Crippen molar-refractivity contribution in [3.63, 3.8) is 0 Å². The maximum absolute atomic E-state index is 12.4. The summed E-state index contributed by atoms with van der Waals surface area (Å²) in [5.41, 5.74) is 3.36. The molecule has 0 bridgehead atoms. The second-order valence-electron chi connectivity index (χ2n) is 6.90. The van der Waals surface area contributed by atoms with Crippen molar-refractivity contribution < 1.29 is 9.53 Å². The van der Waals surface area contributed by atoms with Gasteiger partial charge in [-0.3, -0.25) is 14.7 Å². The third-order valence-electron chi connectivity index (χ3n) is 4.85. The van der Waals surface area contributed by atoms with Crippen LogP contribution >= 0.6 is 12.4 Å². The van der Waals surface area contributed by atoms with Gasteiger partial charge in [0.05, 0.1) is 13.1 Å². The highest BCUT2D eigenvalue weighted by Crippen LogP contribution is 2.22. The minimum absolute atomic E-state index is 0. The highest BCUT2D eigenvalue weighted by Gasteiger charge is 2.25. The maximum atomic E-state index is 12.4. The quantitative estimate of drug-likeness (QED) is 0.693. The first kappa shape index (κ1) is 22.1. The summed E-state index contributed by atoms with van der Waals surface area (Å²) in [7, 11) is 0. The molecule has 28 heavy (non-hydrogen) atoms. The Labute approximate surface area is 173 Å². The molecular formula is C21H29ClN4O2. The van der Waals surface area contributed by atoms with Gasteiger partial charge in [-0.2, -0.15) is 0 Å². The lowest BCUT2D eigenvalue weighted by Gasteiger charge is -2.35. The Kier molecular flexibility index (Phi) is 8.70. The van der Waals surface area contributed by atoms with Gasteiger partial charge in [0, 0.05) is 38.1 Å². The fourth-order valence-corrected chi connectivity index (χ4v) is 3.45. The van der Waals surface area contributed by atoms with E-state index in [0.29, 0.717) is 19.7 Å². The number of pyridine rings is 1.